The quantitative estimate of drug-likeness (QED) is 0.331. The second kappa shape index (κ2) is 9.56. The van der Waals surface area contributed by atoms with Crippen molar-refractivity contribution in [1.29, 1.82) is 0 Å². The lowest BCUT2D eigenvalue weighted by Crippen LogP contribution is -2.55. The molecule has 3 amide bonds. The topological polar surface area (TPSA) is 173 Å². The van der Waals surface area contributed by atoms with Gasteiger partial charge < -0.3 is 41.2 Å². The van der Waals surface area contributed by atoms with Gasteiger partial charge in [0.05, 0.1) is 17.9 Å². The number of aromatic nitrogens is 1. The zero-order chi connectivity index (χ0) is 25.3. The molecule has 1 aliphatic heterocycles. The number of nitrogens with zero attached hydrogens (tertiary/aromatic N) is 1. The van der Waals surface area contributed by atoms with Crippen molar-refractivity contribution < 1.29 is 37.7 Å². The van der Waals surface area contributed by atoms with Gasteiger partial charge in [-0.3, -0.25) is 14.4 Å². The first-order valence-electron chi connectivity index (χ1n) is 10.3. The Morgan fingerprint density at radius 3 is 2.77 bits per heavy atom. The van der Waals surface area contributed by atoms with Crippen LogP contribution in [0.1, 0.15) is 10.4 Å². The van der Waals surface area contributed by atoms with Crippen LogP contribution in [-0.2, 0) is 14.3 Å². The molecule has 1 unspecified atom stereocenters. The molecule has 35 heavy (non-hydrogen) atoms. The molecule has 3 aromatic rings. The summed E-state index contributed by atoms with van der Waals surface area (Å²) < 4.78 is 35.8. The van der Waals surface area contributed by atoms with E-state index in [9.17, 15) is 28.3 Å². The molecule has 11 nitrogen and oxygen atoms in total. The van der Waals surface area contributed by atoms with Gasteiger partial charge in [-0.15, -0.1) is 0 Å². The molecule has 0 saturated carbocycles. The van der Waals surface area contributed by atoms with Crippen LogP contribution < -0.4 is 26.4 Å². The number of nitrogens with two attached hydrogens (primary N) is 2. The molecular weight excluding hydrogens is 468 g/mol. The highest BCUT2D eigenvalue weighted by Crippen LogP contribution is 2.35. The van der Waals surface area contributed by atoms with Gasteiger partial charge in [0, 0.05) is 29.2 Å². The number of fused-ring (bicyclic) bond motifs is 1. The number of primary amides is 1. The van der Waals surface area contributed by atoms with Gasteiger partial charge in [-0.25, -0.2) is 0 Å². The van der Waals surface area contributed by atoms with Gasteiger partial charge in [0.2, 0.25) is 0 Å². The van der Waals surface area contributed by atoms with Crippen molar-refractivity contribution in [3.05, 3.63) is 48.2 Å². The first kappa shape index (κ1) is 23.9. The van der Waals surface area contributed by atoms with E-state index in [1.165, 1.54) is 18.2 Å². The molecule has 2 atom stereocenters. The summed E-state index contributed by atoms with van der Waals surface area (Å²) in [6.45, 7) is -3.55. The number of carbonyl (C=O) groups excluding carboxylic acids is 3. The van der Waals surface area contributed by atoms with Gasteiger partial charge in [-0.2, -0.15) is 8.78 Å². The lowest BCUT2D eigenvalue weighted by molar-refractivity contribution is -0.150. The molecule has 1 fully saturated rings. The van der Waals surface area contributed by atoms with E-state index in [-0.39, 0.29) is 24.4 Å². The molecule has 7 N–H and O–H groups in total. The van der Waals surface area contributed by atoms with Crippen LogP contribution in [0.4, 0.5) is 26.0 Å². The van der Waals surface area contributed by atoms with E-state index in [1.807, 2.05) is 0 Å². The van der Waals surface area contributed by atoms with Gasteiger partial charge in [0.25, 0.3) is 17.7 Å². The highest BCUT2D eigenvalue weighted by atomic mass is 19.3. The first-order chi connectivity index (χ1) is 16.7. The van der Waals surface area contributed by atoms with Crippen LogP contribution in [-0.4, -0.2) is 59.8 Å². The van der Waals surface area contributed by atoms with Crippen molar-refractivity contribution in [1.82, 2.24) is 4.98 Å². The third kappa shape index (κ3) is 4.72. The van der Waals surface area contributed by atoms with E-state index in [4.69, 9.17) is 16.2 Å². The smallest absolute Gasteiger partial charge is 0.387 e. The van der Waals surface area contributed by atoms with Crippen LogP contribution in [0.5, 0.6) is 5.75 Å². The minimum Gasteiger partial charge on any atom is -0.432 e. The summed E-state index contributed by atoms with van der Waals surface area (Å²) in [5.74, 6) is -3.01. The second-order valence-corrected chi connectivity index (χ2v) is 7.62. The summed E-state index contributed by atoms with van der Waals surface area (Å²) in [5.41, 5.74) is 10.8. The number of halogens is 2. The van der Waals surface area contributed by atoms with E-state index in [2.05, 4.69) is 15.0 Å². The van der Waals surface area contributed by atoms with Gasteiger partial charge >= 0.3 is 6.61 Å². The van der Waals surface area contributed by atoms with Crippen LogP contribution in [0.25, 0.3) is 10.8 Å². The maximum atomic E-state index is 13.1. The number of nitrogens with one attached hydrogen (secondary N) is 2. The number of benzene rings is 2. The number of hydrogen-bond acceptors (Lipinski definition) is 7. The van der Waals surface area contributed by atoms with Gasteiger partial charge in [0.15, 0.2) is 18.0 Å². The standard InChI is InChI=1S/C22H21F2N5O6/c23-22(24)35-16-13(19(26)31)2-1-3-14(16)29-6-7-34-17(21(29)33)15(30)20(32)28-11-4-5-12-10(8-11)9-27-18(12)25/h1-5,8-9,15,17,22,27,30H,6-7,25H2,(H2,26,31)(H,28,32)/t15-,17?/m1/s1. The fourth-order valence-electron chi connectivity index (χ4n) is 3.81. The molecule has 1 saturated heterocycles. The first-order valence-corrected chi connectivity index (χ1v) is 10.3. The zero-order valence-corrected chi connectivity index (χ0v) is 18.0. The summed E-state index contributed by atoms with van der Waals surface area (Å²) in [7, 11) is 0. The SMILES string of the molecule is NC(=O)c1cccc(N2CCOC([C@@H](O)C(=O)Nc3ccc4c(N)[nH]cc4c3)C2=O)c1OC(F)F. The second-order valence-electron chi connectivity index (χ2n) is 7.62. The minimum atomic E-state index is -3.30. The summed E-state index contributed by atoms with van der Waals surface area (Å²) in [6.07, 6.45) is -1.94. The lowest BCUT2D eigenvalue weighted by Gasteiger charge is -2.35. The average molecular weight is 489 g/mol. The number of ether oxygens (including phenoxy) is 2. The summed E-state index contributed by atoms with van der Waals surface area (Å²) in [5, 5.41) is 14.5. The predicted molar refractivity (Wildman–Crippen MR) is 121 cm³/mol. The molecule has 0 aliphatic carbocycles. The van der Waals surface area contributed by atoms with Crippen LogP contribution in [0, 0.1) is 0 Å². The molecule has 1 aromatic heterocycles. The fraction of sp³-hybridized carbons (Fsp3) is 0.227. The molecule has 4 rings (SSSR count). The maximum absolute atomic E-state index is 13.1. The van der Waals surface area contributed by atoms with E-state index < -0.39 is 42.3 Å². The molecule has 0 spiro atoms. The Labute approximate surface area is 196 Å². The Balaban J connectivity index is 1.56. The zero-order valence-electron chi connectivity index (χ0n) is 18.0. The van der Waals surface area contributed by atoms with E-state index in [1.54, 1.807) is 24.4 Å². The number of aromatic amines is 1. The molecule has 2 aromatic carbocycles. The summed E-state index contributed by atoms with van der Waals surface area (Å²) in [4.78, 5) is 41.3. The Morgan fingerprint density at radius 1 is 1.29 bits per heavy atom. The average Bonchev–Trinajstić information content (AvgIpc) is 3.18. The number of rotatable bonds is 7. The molecule has 0 radical (unpaired) electrons. The monoisotopic (exact) mass is 489 g/mol. The molecule has 0 bridgehead atoms. The number of hydrogen-bond donors (Lipinski definition) is 5. The van der Waals surface area contributed by atoms with Gasteiger partial charge in [0.1, 0.15) is 5.82 Å². The van der Waals surface area contributed by atoms with Crippen LogP contribution >= 0.6 is 0 Å². The highest BCUT2D eigenvalue weighted by Gasteiger charge is 2.40. The minimum absolute atomic E-state index is 0.114. The Morgan fingerprint density at radius 2 is 2.06 bits per heavy atom. The van der Waals surface area contributed by atoms with Gasteiger partial charge in [-0.1, -0.05) is 6.07 Å². The van der Waals surface area contributed by atoms with Crippen LogP contribution in [0.2, 0.25) is 0 Å². The predicted octanol–water partition coefficient (Wildman–Crippen LogP) is 1.18. The Bertz CT molecular complexity index is 1300. The largest absolute Gasteiger partial charge is 0.432 e. The van der Waals surface area contributed by atoms with Crippen molar-refractivity contribution in [2.45, 2.75) is 18.8 Å². The number of nitrogen functional groups attached to an aromatic ring is 1. The van der Waals surface area contributed by atoms with Crippen molar-refractivity contribution in [3.8, 4) is 5.75 Å². The van der Waals surface area contributed by atoms with E-state index in [0.29, 0.717) is 16.9 Å². The maximum Gasteiger partial charge on any atom is 0.387 e. The summed E-state index contributed by atoms with van der Waals surface area (Å²) >= 11 is 0. The fourth-order valence-corrected chi connectivity index (χ4v) is 3.81. The number of amides is 3. The number of aliphatic hydroxyl groups excluding tert-OH is 1. The van der Waals surface area contributed by atoms with Crippen molar-refractivity contribution in [2.24, 2.45) is 5.73 Å². The Kier molecular flexibility index (Phi) is 6.53. The summed E-state index contributed by atoms with van der Waals surface area (Å²) in [6, 6.07) is 8.63. The number of para-hydroxylation sites is 1. The van der Waals surface area contributed by atoms with Crippen LogP contribution in [0.3, 0.4) is 0 Å². The number of H-pyrrole nitrogens is 1. The number of carbonyl (C=O) groups is 3. The van der Waals surface area contributed by atoms with E-state index >= 15 is 0 Å². The highest BCUT2D eigenvalue weighted by molar-refractivity contribution is 6.06. The molecule has 13 heteroatoms. The molecule has 1 aliphatic rings. The van der Waals surface area contributed by atoms with E-state index in [0.717, 1.165) is 10.3 Å². The molecule has 2 heterocycles. The normalized spacial score (nSPS) is 17.0. The lowest BCUT2D eigenvalue weighted by atomic mass is 10.1. The number of aliphatic hydroxyl groups is 1. The number of anilines is 3. The van der Waals surface area contributed by atoms with Crippen molar-refractivity contribution >= 4 is 45.7 Å². The molecular formula is C22H21F2N5O6. The molecule has 184 valence electrons. The Hall–Kier alpha value is -4.23. The number of alkyl halides is 2. The van der Waals surface area contributed by atoms with Crippen molar-refractivity contribution in [2.75, 3.05) is 29.1 Å². The third-order valence-corrected chi connectivity index (χ3v) is 5.43. The van der Waals surface area contributed by atoms with Crippen molar-refractivity contribution in [3.63, 3.8) is 0 Å². The third-order valence-electron chi connectivity index (χ3n) is 5.43. The van der Waals surface area contributed by atoms with Gasteiger partial charge in [-0.05, 0) is 30.3 Å². The number of morpholine rings is 1. The van der Waals surface area contributed by atoms with Crippen LogP contribution in [0.15, 0.2) is 42.6 Å².